The number of fused-ring (bicyclic) bond motifs is 1. The summed E-state index contributed by atoms with van der Waals surface area (Å²) in [5.74, 6) is -2.21. The molecule has 504 valence electrons. The summed E-state index contributed by atoms with van der Waals surface area (Å²) in [7, 11) is -1.11. The molecule has 28 nitrogen and oxygen atoms in total. The highest BCUT2D eigenvalue weighted by molar-refractivity contribution is 7.51. The second-order valence-electron chi connectivity index (χ2n) is 22.5. The number of nitrogens with one attached hydrogen (secondary N) is 3. The van der Waals surface area contributed by atoms with Crippen LogP contribution in [0.5, 0.6) is 11.5 Å². The van der Waals surface area contributed by atoms with Crippen molar-refractivity contribution in [1.82, 2.24) is 29.5 Å². The third kappa shape index (κ3) is 19.0. The molecule has 0 radical (unpaired) electrons. The van der Waals surface area contributed by atoms with Crippen LogP contribution in [-0.4, -0.2) is 189 Å². The molecule has 7 rings (SSSR count). The molecule has 5 aromatic rings. The first-order valence-electron chi connectivity index (χ1n) is 30.4. The number of ether oxygens (including phenoxy) is 12. The zero-order valence-electron chi connectivity index (χ0n) is 54.0. The van der Waals surface area contributed by atoms with Gasteiger partial charge < -0.3 is 62.2 Å². The monoisotopic (exact) mass is 1310 g/mol. The summed E-state index contributed by atoms with van der Waals surface area (Å²) in [6.45, 7) is 15.6. The first-order chi connectivity index (χ1) is 44.0. The third-order valence-corrected chi connectivity index (χ3v) is 17.3. The van der Waals surface area contributed by atoms with Crippen molar-refractivity contribution in [2.45, 2.75) is 142 Å². The molecule has 2 aliphatic rings. The van der Waals surface area contributed by atoms with Gasteiger partial charge in [-0.25, -0.2) is 14.2 Å². The van der Waals surface area contributed by atoms with Gasteiger partial charge in [0, 0.05) is 52.1 Å². The summed E-state index contributed by atoms with van der Waals surface area (Å²) in [6.07, 6.45) is -6.37. The van der Waals surface area contributed by atoms with E-state index in [0.29, 0.717) is 11.5 Å². The van der Waals surface area contributed by atoms with Crippen LogP contribution in [0, 0.1) is 5.92 Å². The lowest BCUT2D eigenvalue weighted by Gasteiger charge is -2.44. The van der Waals surface area contributed by atoms with Gasteiger partial charge in [-0.1, -0.05) is 68.4 Å². The summed E-state index contributed by atoms with van der Waals surface area (Å²) >= 11 is 0. The highest BCUT2D eigenvalue weighted by Gasteiger charge is 2.52. The van der Waals surface area contributed by atoms with E-state index in [0.717, 1.165) is 30.5 Å². The Morgan fingerprint density at radius 1 is 0.707 bits per heavy atom. The number of carbonyl (C=O) groups excluding carboxylic acids is 5. The summed E-state index contributed by atoms with van der Waals surface area (Å²) in [5.41, 5.74) is 0.495. The number of rotatable bonds is 35. The molecule has 2 aliphatic heterocycles. The molecule has 2 fully saturated rings. The number of amides is 2. The Morgan fingerprint density at radius 2 is 1.26 bits per heavy atom. The zero-order valence-corrected chi connectivity index (χ0v) is 54.9. The predicted octanol–water partition coefficient (Wildman–Crippen LogP) is 6.38. The molecular formula is C63H86N7O21P. The number of aromatic nitrogens is 4. The van der Waals surface area contributed by atoms with Crippen LogP contribution in [0.25, 0.3) is 11.2 Å². The minimum Gasteiger partial charge on any atom is -0.497 e. The molecule has 0 aliphatic carbocycles. The van der Waals surface area contributed by atoms with Crippen LogP contribution >= 0.6 is 7.75 Å². The molecule has 0 spiro atoms. The van der Waals surface area contributed by atoms with E-state index in [1.165, 1.54) is 20.2 Å². The number of imidazole rings is 1. The summed E-state index contributed by atoms with van der Waals surface area (Å²) < 4.78 is 103. The average molecular weight is 1310 g/mol. The number of hydrogen-bond acceptors (Lipinski definition) is 23. The van der Waals surface area contributed by atoms with Crippen molar-refractivity contribution in [3.8, 4) is 11.5 Å². The van der Waals surface area contributed by atoms with Gasteiger partial charge in [0.1, 0.15) is 54.3 Å². The maximum absolute atomic E-state index is 15.8. The van der Waals surface area contributed by atoms with Crippen LogP contribution < -0.4 is 25.7 Å². The second kappa shape index (κ2) is 34.1. The number of hydrogen-bond donors (Lipinski definition) is 3. The summed E-state index contributed by atoms with van der Waals surface area (Å²) in [6, 6.07) is 23.0. The molecule has 0 saturated carbocycles. The van der Waals surface area contributed by atoms with Crippen molar-refractivity contribution in [3.63, 3.8) is 0 Å². The number of methoxy groups -OCH3 is 2. The van der Waals surface area contributed by atoms with Crippen LogP contribution in [0.1, 0.15) is 98.6 Å². The first kappa shape index (κ1) is 72.2. The van der Waals surface area contributed by atoms with Crippen LogP contribution in [-0.2, 0) is 90.6 Å². The van der Waals surface area contributed by atoms with E-state index in [9.17, 15) is 28.8 Å². The van der Waals surface area contributed by atoms with Gasteiger partial charge in [0.15, 0.2) is 29.7 Å². The van der Waals surface area contributed by atoms with Crippen molar-refractivity contribution in [2.24, 2.45) is 5.92 Å². The van der Waals surface area contributed by atoms with Gasteiger partial charge in [-0.15, -0.1) is 0 Å². The number of benzene rings is 3. The summed E-state index contributed by atoms with van der Waals surface area (Å²) in [4.78, 5) is 86.2. The molecule has 1 unspecified atom stereocenters. The molecule has 29 heteroatoms. The lowest BCUT2D eigenvalue weighted by atomic mass is 9.80. The Kier molecular flexibility index (Phi) is 26.8. The van der Waals surface area contributed by atoms with Crippen LogP contribution in [0.2, 0.25) is 0 Å². The molecule has 4 heterocycles. The molecule has 0 bridgehead atoms. The topological polar surface area (TPSA) is 323 Å². The number of aromatic amines is 1. The molecule has 2 amide bonds. The SMILES string of the molecule is COc1ccc(C(OC[C@H]2O[C@@H](n3cnc4c(=O)[nH]c(NC(=O)C(C)C)nc43)C[C@@H]2OP(=O)(OCCOCCOCCOCCO[C@@H]2O[C@H](COC(C)=O)[C@H](OC(C)=O)[C@H](OC(C)=O)[C@H]2NC(C)=O)N(C(C)C)C(C)C)(c2ccccc2)c2ccc(OC)cc2)cc1. The molecule has 3 N–H and O–H groups in total. The Labute approximate surface area is 534 Å². The highest BCUT2D eigenvalue weighted by atomic mass is 31.2. The smallest absolute Gasteiger partial charge is 0.409 e. The number of H-pyrrole nitrogens is 1. The fourth-order valence-corrected chi connectivity index (χ4v) is 13.1. The number of esters is 3. The van der Waals surface area contributed by atoms with E-state index >= 15 is 4.57 Å². The summed E-state index contributed by atoms with van der Waals surface area (Å²) in [5, 5.41) is 5.32. The van der Waals surface area contributed by atoms with Crippen molar-refractivity contribution < 1.29 is 94.4 Å². The van der Waals surface area contributed by atoms with Gasteiger partial charge in [-0.3, -0.25) is 52.7 Å². The Morgan fingerprint density at radius 3 is 1.79 bits per heavy atom. The van der Waals surface area contributed by atoms with Crippen molar-refractivity contribution >= 4 is 54.6 Å². The quantitative estimate of drug-likeness (QED) is 0.0130. The zero-order chi connectivity index (χ0) is 66.7. The second-order valence-corrected chi connectivity index (χ2v) is 24.4. The van der Waals surface area contributed by atoms with Gasteiger partial charge in [0.25, 0.3) is 5.56 Å². The first-order valence-corrected chi connectivity index (χ1v) is 31.9. The lowest BCUT2D eigenvalue weighted by Crippen LogP contribution is -2.66. The van der Waals surface area contributed by atoms with Crippen molar-refractivity contribution in [1.29, 1.82) is 0 Å². The van der Waals surface area contributed by atoms with Gasteiger partial charge in [0.05, 0.1) is 80.0 Å². The lowest BCUT2D eigenvalue weighted by molar-refractivity contribution is -0.279. The minimum absolute atomic E-state index is 0.00442. The number of anilines is 1. The van der Waals surface area contributed by atoms with E-state index in [1.807, 2.05) is 107 Å². The van der Waals surface area contributed by atoms with Crippen LogP contribution in [0.3, 0.4) is 0 Å². The number of nitrogens with zero attached hydrogens (tertiary/aromatic N) is 4. The van der Waals surface area contributed by atoms with Gasteiger partial charge >= 0.3 is 25.7 Å². The predicted molar refractivity (Wildman–Crippen MR) is 331 cm³/mol. The normalized spacial score (nSPS) is 20.7. The van der Waals surface area contributed by atoms with E-state index in [1.54, 1.807) is 37.3 Å². The maximum Gasteiger partial charge on any atom is 0.409 e. The van der Waals surface area contributed by atoms with E-state index in [-0.39, 0.29) is 108 Å². The molecule has 2 aromatic heterocycles. The molecule has 2 saturated heterocycles. The maximum atomic E-state index is 15.8. The van der Waals surface area contributed by atoms with E-state index in [2.05, 4.69) is 25.6 Å². The Bertz CT molecular complexity index is 3260. The fraction of sp³-hybridized carbons (Fsp3) is 0.556. The minimum atomic E-state index is -4.30. The number of carbonyl (C=O) groups is 5. The van der Waals surface area contributed by atoms with Crippen molar-refractivity contribution in [3.05, 3.63) is 112 Å². The standard InChI is InChI=1S/C63H86N7O21P/c1-38(2)59(75)67-62-66-58-55(60(76)68-62)64-37-69(58)53-34-50(51(89-53)36-85-63(45-16-14-13-15-17-45,46-18-22-48(78-11)23-19-46)47-20-24-49(79-12)25-21-47)91-92(77,70(39(3)4)40(5)6)86-33-31-82-29-27-80-26-28-81-30-32-83-61-54(65-41(7)71)57(88-44(10)74)56(87-43(9)73)52(90-61)35-84-42(8)72/h13-25,37-40,50-54,56-57,61H,26-36H2,1-12H3,(H,65,71)(H2,66,67,68,75,76)/t50-,51+,52+,53+,54+,56-,57+,61+,92?/m0/s1. The molecule has 92 heavy (non-hydrogen) atoms. The van der Waals surface area contributed by atoms with Gasteiger partial charge in [0.2, 0.25) is 17.8 Å². The fourth-order valence-electron chi connectivity index (χ4n) is 10.8. The van der Waals surface area contributed by atoms with Crippen molar-refractivity contribution in [2.75, 3.05) is 85.6 Å². The molecular weight excluding hydrogens is 1220 g/mol. The molecule has 3 aromatic carbocycles. The Hall–Kier alpha value is -7.21. The van der Waals surface area contributed by atoms with Crippen LogP contribution in [0.15, 0.2) is 90.0 Å². The third-order valence-electron chi connectivity index (χ3n) is 14.7. The molecule has 9 atom stereocenters. The van der Waals surface area contributed by atoms with Crippen LogP contribution in [0.4, 0.5) is 5.95 Å². The highest BCUT2D eigenvalue weighted by Crippen LogP contribution is 2.57. The average Bonchev–Trinajstić information content (AvgIpc) is 1.08. The van der Waals surface area contributed by atoms with E-state index < -0.39 is 97.7 Å². The Balaban J connectivity index is 1.04. The van der Waals surface area contributed by atoms with Gasteiger partial charge in [-0.05, 0) is 68.7 Å². The largest absolute Gasteiger partial charge is 0.497 e. The van der Waals surface area contributed by atoms with E-state index in [4.69, 9.17) is 65.9 Å². The van der Waals surface area contributed by atoms with Gasteiger partial charge in [-0.2, -0.15) is 4.98 Å².